The lowest BCUT2D eigenvalue weighted by atomic mass is 10.1. The number of rotatable bonds is 7. The van der Waals surface area contributed by atoms with Crippen molar-refractivity contribution in [3.63, 3.8) is 0 Å². The molecule has 0 spiro atoms. The Morgan fingerprint density at radius 1 is 1.14 bits per heavy atom. The molecule has 0 aliphatic rings. The predicted octanol–water partition coefficient (Wildman–Crippen LogP) is 4.72. The second kappa shape index (κ2) is 8.22. The normalized spacial score (nSPS) is 12.1. The predicted molar refractivity (Wildman–Crippen MR) is 111 cm³/mol. The van der Waals surface area contributed by atoms with Crippen molar-refractivity contribution >= 4 is 16.7 Å². The van der Waals surface area contributed by atoms with Gasteiger partial charge >= 0.3 is 0 Å². The average molecular weight is 389 g/mol. The number of nitrogens with zero attached hydrogens (tertiary/aromatic N) is 2. The van der Waals surface area contributed by atoms with Crippen LogP contribution in [0.3, 0.4) is 0 Å². The second-order valence-electron chi connectivity index (χ2n) is 6.82. The van der Waals surface area contributed by atoms with Crippen LogP contribution >= 0.6 is 0 Å². The van der Waals surface area contributed by atoms with Crippen LogP contribution in [0.1, 0.15) is 41.9 Å². The van der Waals surface area contributed by atoms with Crippen LogP contribution in [0.15, 0.2) is 71.3 Å². The van der Waals surface area contributed by atoms with Gasteiger partial charge in [0.15, 0.2) is 5.76 Å². The molecule has 0 saturated carbocycles. The molecule has 4 aromatic rings. The summed E-state index contributed by atoms with van der Waals surface area (Å²) >= 11 is 0. The number of furan rings is 1. The van der Waals surface area contributed by atoms with Gasteiger partial charge in [0, 0.05) is 18.1 Å². The van der Waals surface area contributed by atoms with E-state index >= 15 is 0 Å². The molecule has 0 aliphatic carbocycles. The van der Waals surface area contributed by atoms with Gasteiger partial charge < -0.3 is 14.5 Å². The molecule has 0 bridgehead atoms. The molecule has 2 aromatic carbocycles. The third-order valence-electron chi connectivity index (χ3n) is 4.78. The first-order valence-electron chi connectivity index (χ1n) is 9.67. The fraction of sp³-hybridized carbons (Fsp3) is 0.217. The Bertz CT molecular complexity index is 1120. The maximum atomic E-state index is 12.5. The van der Waals surface area contributed by atoms with Gasteiger partial charge in [-0.3, -0.25) is 9.48 Å². The highest BCUT2D eigenvalue weighted by molar-refractivity contribution is 5.91. The maximum Gasteiger partial charge on any atom is 0.287 e. The van der Waals surface area contributed by atoms with Crippen molar-refractivity contribution in [2.75, 3.05) is 0 Å². The largest absolute Gasteiger partial charge is 0.485 e. The Hall–Kier alpha value is -3.54. The Balaban J connectivity index is 1.39. The van der Waals surface area contributed by atoms with E-state index in [0.717, 1.165) is 28.8 Å². The fourth-order valence-electron chi connectivity index (χ4n) is 3.17. The zero-order chi connectivity index (χ0) is 20.2. The number of amides is 1. The SMILES string of the molecule is CCn1ccc(C(C)NC(=O)c2ccc(COc3cccc4ccccc34)o2)n1. The van der Waals surface area contributed by atoms with Gasteiger partial charge in [0.25, 0.3) is 5.91 Å². The molecule has 6 heteroatoms. The van der Waals surface area contributed by atoms with E-state index in [1.165, 1.54) is 0 Å². The minimum Gasteiger partial charge on any atom is -0.485 e. The molecule has 29 heavy (non-hydrogen) atoms. The van der Waals surface area contributed by atoms with Gasteiger partial charge in [-0.1, -0.05) is 36.4 Å². The standard InChI is InChI=1S/C23H23N3O3/c1-3-26-14-13-20(25-26)16(2)24-23(27)22-12-11-18(29-22)15-28-21-10-6-8-17-7-4-5-9-19(17)21/h4-14,16H,3,15H2,1-2H3,(H,24,27). The van der Waals surface area contributed by atoms with Crippen molar-refractivity contribution in [1.82, 2.24) is 15.1 Å². The molecule has 1 unspecified atom stereocenters. The number of hydrogen-bond donors (Lipinski definition) is 1. The Morgan fingerprint density at radius 2 is 1.97 bits per heavy atom. The molecule has 2 heterocycles. The molecular weight excluding hydrogens is 366 g/mol. The third-order valence-corrected chi connectivity index (χ3v) is 4.78. The van der Waals surface area contributed by atoms with Gasteiger partial charge in [-0.2, -0.15) is 5.10 Å². The average Bonchev–Trinajstić information content (AvgIpc) is 3.42. The molecule has 148 valence electrons. The summed E-state index contributed by atoms with van der Waals surface area (Å²) in [7, 11) is 0. The number of carbonyl (C=O) groups is 1. The Labute approximate surface area is 169 Å². The minimum absolute atomic E-state index is 0.212. The van der Waals surface area contributed by atoms with E-state index in [0.29, 0.717) is 5.76 Å². The fourth-order valence-corrected chi connectivity index (χ4v) is 3.17. The topological polar surface area (TPSA) is 69.3 Å². The molecule has 4 rings (SSSR count). The van der Waals surface area contributed by atoms with E-state index in [4.69, 9.17) is 9.15 Å². The molecule has 1 amide bonds. The summed E-state index contributed by atoms with van der Waals surface area (Å²) < 4.78 is 13.4. The van der Waals surface area contributed by atoms with Crippen molar-refractivity contribution in [1.29, 1.82) is 0 Å². The molecule has 1 N–H and O–H groups in total. The summed E-state index contributed by atoms with van der Waals surface area (Å²) in [5.74, 6) is 1.35. The van der Waals surface area contributed by atoms with Crippen LogP contribution in [0.25, 0.3) is 10.8 Å². The molecule has 0 saturated heterocycles. The van der Waals surface area contributed by atoms with Crippen molar-refractivity contribution in [2.45, 2.75) is 33.0 Å². The number of aromatic nitrogens is 2. The van der Waals surface area contributed by atoms with Gasteiger partial charge in [0.2, 0.25) is 0 Å². The van der Waals surface area contributed by atoms with Crippen molar-refractivity contribution in [3.8, 4) is 5.75 Å². The minimum atomic E-state index is -0.278. The van der Waals surface area contributed by atoms with Gasteiger partial charge in [-0.15, -0.1) is 0 Å². The van der Waals surface area contributed by atoms with Gasteiger partial charge in [0.1, 0.15) is 18.1 Å². The van der Waals surface area contributed by atoms with Crippen LogP contribution in [0.4, 0.5) is 0 Å². The van der Waals surface area contributed by atoms with Crippen LogP contribution in [0.5, 0.6) is 5.75 Å². The lowest BCUT2D eigenvalue weighted by Gasteiger charge is -2.10. The smallest absolute Gasteiger partial charge is 0.287 e. The van der Waals surface area contributed by atoms with E-state index < -0.39 is 0 Å². The van der Waals surface area contributed by atoms with Crippen LogP contribution < -0.4 is 10.1 Å². The first kappa shape index (κ1) is 18.8. The van der Waals surface area contributed by atoms with E-state index in [1.54, 1.807) is 12.1 Å². The summed E-state index contributed by atoms with van der Waals surface area (Å²) in [4.78, 5) is 12.5. The zero-order valence-corrected chi connectivity index (χ0v) is 16.5. The molecule has 1 atom stereocenters. The van der Waals surface area contributed by atoms with Crippen molar-refractivity contribution in [2.24, 2.45) is 0 Å². The monoisotopic (exact) mass is 389 g/mol. The Kier molecular flexibility index (Phi) is 5.33. The summed E-state index contributed by atoms with van der Waals surface area (Å²) in [6.07, 6.45) is 1.90. The number of aryl methyl sites for hydroxylation is 1. The summed E-state index contributed by atoms with van der Waals surface area (Å²) in [5, 5.41) is 9.49. The molecule has 6 nitrogen and oxygen atoms in total. The number of hydrogen-bond acceptors (Lipinski definition) is 4. The van der Waals surface area contributed by atoms with E-state index in [-0.39, 0.29) is 24.3 Å². The molecular formula is C23H23N3O3. The van der Waals surface area contributed by atoms with Crippen LogP contribution in [0.2, 0.25) is 0 Å². The lowest BCUT2D eigenvalue weighted by Crippen LogP contribution is -2.26. The van der Waals surface area contributed by atoms with Gasteiger partial charge in [0.05, 0.1) is 11.7 Å². The van der Waals surface area contributed by atoms with E-state index in [2.05, 4.69) is 10.4 Å². The number of nitrogens with one attached hydrogen (secondary N) is 1. The summed E-state index contributed by atoms with van der Waals surface area (Å²) in [5.41, 5.74) is 0.811. The number of carbonyl (C=O) groups excluding carboxylic acids is 1. The highest BCUT2D eigenvalue weighted by Crippen LogP contribution is 2.26. The summed E-state index contributed by atoms with van der Waals surface area (Å²) in [6, 6.07) is 19.1. The van der Waals surface area contributed by atoms with Crippen molar-refractivity contribution in [3.05, 3.63) is 84.1 Å². The molecule has 0 aliphatic heterocycles. The first-order valence-corrected chi connectivity index (χ1v) is 9.67. The number of fused-ring (bicyclic) bond motifs is 1. The molecule has 0 radical (unpaired) electrons. The molecule has 2 aromatic heterocycles. The van der Waals surface area contributed by atoms with Crippen LogP contribution in [-0.4, -0.2) is 15.7 Å². The van der Waals surface area contributed by atoms with Crippen LogP contribution in [0, 0.1) is 0 Å². The van der Waals surface area contributed by atoms with Gasteiger partial charge in [-0.25, -0.2) is 0 Å². The second-order valence-corrected chi connectivity index (χ2v) is 6.82. The number of ether oxygens (including phenoxy) is 1. The van der Waals surface area contributed by atoms with E-state index in [9.17, 15) is 4.79 Å². The third kappa shape index (κ3) is 4.16. The lowest BCUT2D eigenvalue weighted by molar-refractivity contribution is 0.0907. The molecule has 0 fully saturated rings. The highest BCUT2D eigenvalue weighted by atomic mass is 16.5. The Morgan fingerprint density at radius 3 is 2.79 bits per heavy atom. The summed E-state index contributed by atoms with van der Waals surface area (Å²) in [6.45, 7) is 4.95. The quantitative estimate of drug-likeness (QED) is 0.497. The van der Waals surface area contributed by atoms with E-state index in [1.807, 2.05) is 73.3 Å². The first-order chi connectivity index (χ1) is 14.1. The van der Waals surface area contributed by atoms with Gasteiger partial charge in [-0.05, 0) is 43.5 Å². The highest BCUT2D eigenvalue weighted by Gasteiger charge is 2.17. The van der Waals surface area contributed by atoms with Crippen LogP contribution in [-0.2, 0) is 13.2 Å². The zero-order valence-electron chi connectivity index (χ0n) is 16.5. The maximum absolute atomic E-state index is 12.5. The van der Waals surface area contributed by atoms with Crippen molar-refractivity contribution < 1.29 is 13.9 Å². The number of benzene rings is 2.